The molecule has 0 radical (unpaired) electrons. The van der Waals surface area contributed by atoms with Crippen LogP contribution >= 0.6 is 0 Å². The normalized spacial score (nSPS) is 11.6. The molecule has 0 unspecified atom stereocenters. The molecule has 0 saturated carbocycles. The van der Waals surface area contributed by atoms with Crippen LogP contribution in [0.3, 0.4) is 0 Å². The van der Waals surface area contributed by atoms with Crippen LogP contribution in [0.4, 0.5) is 0 Å². The standard InChI is InChI=1S/C17H21N3O4S/c1-24-17-7-5-15(6-8-17)12-18-19-13-16-4-2-9-20(14-16)10-3-11-25(21,22)23/h2,4-9,13-14,18H,3,10-12H2,1H3/p+1. The molecule has 1 aromatic carbocycles. The molecule has 2 N–H and O–H groups in total. The SMILES string of the molecule is COc1ccc(CNN=Cc2ccc[n+](CCCS(=O)(=O)O)c2)cc1. The molecule has 0 bridgehead atoms. The third-order valence-electron chi connectivity index (χ3n) is 3.45. The van der Waals surface area contributed by atoms with Crippen molar-refractivity contribution in [1.29, 1.82) is 0 Å². The van der Waals surface area contributed by atoms with Crippen molar-refractivity contribution in [3.8, 4) is 5.75 Å². The van der Waals surface area contributed by atoms with Crippen LogP contribution in [0.5, 0.6) is 5.75 Å². The summed E-state index contributed by atoms with van der Waals surface area (Å²) in [5, 5.41) is 4.18. The van der Waals surface area contributed by atoms with E-state index in [0.29, 0.717) is 19.5 Å². The molecule has 0 saturated heterocycles. The summed E-state index contributed by atoms with van der Waals surface area (Å²) in [6, 6.07) is 11.5. The maximum absolute atomic E-state index is 10.7. The second kappa shape index (κ2) is 9.14. The van der Waals surface area contributed by atoms with Gasteiger partial charge < -0.3 is 10.2 Å². The predicted molar refractivity (Wildman–Crippen MR) is 95.1 cm³/mol. The highest BCUT2D eigenvalue weighted by Crippen LogP contribution is 2.10. The van der Waals surface area contributed by atoms with Crippen molar-refractivity contribution < 1.29 is 22.3 Å². The molecule has 2 rings (SSSR count). The smallest absolute Gasteiger partial charge is 0.265 e. The zero-order valence-corrected chi connectivity index (χ0v) is 14.8. The second-order valence-electron chi connectivity index (χ2n) is 5.46. The summed E-state index contributed by atoms with van der Waals surface area (Å²) >= 11 is 0. The van der Waals surface area contributed by atoms with E-state index in [-0.39, 0.29) is 5.75 Å². The van der Waals surface area contributed by atoms with E-state index in [0.717, 1.165) is 16.9 Å². The lowest BCUT2D eigenvalue weighted by Gasteiger charge is -2.03. The van der Waals surface area contributed by atoms with Crippen molar-refractivity contribution in [1.82, 2.24) is 5.43 Å². The van der Waals surface area contributed by atoms with Gasteiger partial charge in [0.05, 0.1) is 31.2 Å². The van der Waals surface area contributed by atoms with Gasteiger partial charge in [-0.15, -0.1) is 0 Å². The Morgan fingerprint density at radius 1 is 1.28 bits per heavy atom. The first-order valence-corrected chi connectivity index (χ1v) is 9.40. The maximum Gasteiger partial charge on any atom is 0.265 e. The van der Waals surface area contributed by atoms with Crippen LogP contribution in [0, 0.1) is 0 Å². The largest absolute Gasteiger partial charge is 0.497 e. The van der Waals surface area contributed by atoms with Gasteiger partial charge in [0.2, 0.25) is 0 Å². The number of benzene rings is 1. The Labute approximate surface area is 147 Å². The van der Waals surface area contributed by atoms with Crippen LogP contribution in [0.25, 0.3) is 0 Å². The third-order valence-corrected chi connectivity index (χ3v) is 4.25. The van der Waals surface area contributed by atoms with Crippen LogP contribution in [0.1, 0.15) is 17.5 Å². The van der Waals surface area contributed by atoms with Gasteiger partial charge in [-0.25, -0.2) is 4.57 Å². The number of pyridine rings is 1. The van der Waals surface area contributed by atoms with E-state index in [9.17, 15) is 8.42 Å². The van der Waals surface area contributed by atoms with E-state index in [4.69, 9.17) is 9.29 Å². The number of rotatable bonds is 9. The minimum absolute atomic E-state index is 0.248. The Hall–Kier alpha value is -2.45. The van der Waals surface area contributed by atoms with Gasteiger partial charge >= 0.3 is 0 Å². The van der Waals surface area contributed by atoms with Crippen molar-refractivity contribution in [3.05, 3.63) is 59.9 Å². The highest BCUT2D eigenvalue weighted by atomic mass is 32.2. The number of nitrogens with zero attached hydrogens (tertiary/aromatic N) is 2. The number of hydrazone groups is 1. The Kier molecular flexibility index (Phi) is 6.91. The number of nitrogens with one attached hydrogen (secondary N) is 1. The van der Waals surface area contributed by atoms with Gasteiger partial charge in [0.1, 0.15) is 12.3 Å². The maximum atomic E-state index is 10.7. The van der Waals surface area contributed by atoms with E-state index in [1.807, 2.05) is 53.4 Å². The van der Waals surface area contributed by atoms with Gasteiger partial charge in [-0.3, -0.25) is 4.55 Å². The van der Waals surface area contributed by atoms with Gasteiger partial charge in [0.25, 0.3) is 10.1 Å². The Morgan fingerprint density at radius 3 is 2.72 bits per heavy atom. The van der Waals surface area contributed by atoms with Crippen molar-refractivity contribution in [2.75, 3.05) is 12.9 Å². The van der Waals surface area contributed by atoms with Gasteiger partial charge in [-0.05, 0) is 23.8 Å². The average Bonchev–Trinajstić information content (AvgIpc) is 2.58. The molecular formula is C17H22N3O4S+. The molecule has 0 aliphatic carbocycles. The Bertz CT molecular complexity index is 805. The lowest BCUT2D eigenvalue weighted by Crippen LogP contribution is -2.34. The average molecular weight is 364 g/mol. The number of methoxy groups -OCH3 is 1. The summed E-state index contributed by atoms with van der Waals surface area (Å²) in [6.07, 6.45) is 5.75. The van der Waals surface area contributed by atoms with Gasteiger partial charge in [-0.1, -0.05) is 12.1 Å². The van der Waals surface area contributed by atoms with E-state index in [2.05, 4.69) is 10.5 Å². The Morgan fingerprint density at radius 2 is 2.04 bits per heavy atom. The minimum atomic E-state index is -3.91. The molecule has 1 heterocycles. The zero-order valence-electron chi connectivity index (χ0n) is 14.0. The van der Waals surface area contributed by atoms with E-state index < -0.39 is 10.1 Å². The lowest BCUT2D eigenvalue weighted by molar-refractivity contribution is -0.696. The molecule has 134 valence electrons. The molecule has 0 spiro atoms. The lowest BCUT2D eigenvalue weighted by atomic mass is 10.2. The number of hydrogen-bond donors (Lipinski definition) is 2. The number of aryl methyl sites for hydroxylation is 1. The van der Waals surface area contributed by atoms with Crippen molar-refractivity contribution in [3.63, 3.8) is 0 Å². The quantitative estimate of drug-likeness (QED) is 0.304. The van der Waals surface area contributed by atoms with Gasteiger partial charge in [-0.2, -0.15) is 13.5 Å². The number of aromatic nitrogens is 1. The Balaban J connectivity index is 1.82. The predicted octanol–water partition coefficient (Wildman–Crippen LogP) is 1.38. The molecular weight excluding hydrogens is 342 g/mol. The van der Waals surface area contributed by atoms with Crippen LogP contribution in [-0.4, -0.2) is 32.0 Å². The molecule has 0 fully saturated rings. The molecule has 0 aliphatic rings. The van der Waals surface area contributed by atoms with Crippen LogP contribution in [0.15, 0.2) is 53.9 Å². The molecule has 1 aromatic heterocycles. The zero-order chi connectivity index (χ0) is 18.1. The minimum Gasteiger partial charge on any atom is -0.497 e. The highest BCUT2D eigenvalue weighted by molar-refractivity contribution is 7.85. The van der Waals surface area contributed by atoms with Crippen molar-refractivity contribution in [2.24, 2.45) is 5.10 Å². The summed E-state index contributed by atoms with van der Waals surface area (Å²) in [5.74, 6) is 0.567. The molecule has 8 heteroatoms. The molecule has 25 heavy (non-hydrogen) atoms. The molecule has 0 amide bonds. The first-order chi connectivity index (χ1) is 12.0. The molecule has 7 nitrogen and oxygen atoms in total. The van der Waals surface area contributed by atoms with Crippen LogP contribution in [-0.2, 0) is 23.2 Å². The first kappa shape index (κ1) is 18.9. The fourth-order valence-electron chi connectivity index (χ4n) is 2.19. The fraction of sp³-hybridized carbons (Fsp3) is 0.294. The van der Waals surface area contributed by atoms with E-state index in [1.165, 1.54) is 0 Å². The first-order valence-electron chi connectivity index (χ1n) is 7.79. The monoisotopic (exact) mass is 364 g/mol. The van der Waals surface area contributed by atoms with E-state index in [1.54, 1.807) is 13.3 Å². The summed E-state index contributed by atoms with van der Waals surface area (Å²) < 4.78 is 37.2. The molecule has 0 aliphatic heterocycles. The fourth-order valence-corrected chi connectivity index (χ4v) is 2.68. The number of hydrogen-bond acceptors (Lipinski definition) is 5. The van der Waals surface area contributed by atoms with Gasteiger partial charge in [0, 0.05) is 12.5 Å². The molecule has 2 aromatic rings. The van der Waals surface area contributed by atoms with Crippen LogP contribution < -0.4 is 14.7 Å². The van der Waals surface area contributed by atoms with E-state index >= 15 is 0 Å². The van der Waals surface area contributed by atoms with Crippen molar-refractivity contribution >= 4 is 16.3 Å². The highest BCUT2D eigenvalue weighted by Gasteiger charge is 2.07. The second-order valence-corrected chi connectivity index (χ2v) is 7.03. The van der Waals surface area contributed by atoms with Gasteiger partial charge in [0.15, 0.2) is 12.4 Å². The summed E-state index contributed by atoms with van der Waals surface area (Å²) in [7, 11) is -2.28. The van der Waals surface area contributed by atoms with Crippen molar-refractivity contribution in [2.45, 2.75) is 19.5 Å². The summed E-state index contributed by atoms with van der Waals surface area (Å²) in [5.41, 5.74) is 4.95. The topological polar surface area (TPSA) is 91.9 Å². The summed E-state index contributed by atoms with van der Waals surface area (Å²) in [4.78, 5) is 0. The number of ether oxygens (including phenoxy) is 1. The molecule has 0 atom stereocenters. The summed E-state index contributed by atoms with van der Waals surface area (Å²) in [6.45, 7) is 1.10. The third kappa shape index (κ3) is 7.32. The van der Waals surface area contributed by atoms with Crippen LogP contribution in [0.2, 0.25) is 0 Å².